The highest BCUT2D eigenvalue weighted by atomic mass is 15.2. The summed E-state index contributed by atoms with van der Waals surface area (Å²) in [6, 6.07) is 11.6. The zero-order chi connectivity index (χ0) is 11.9. The number of benzene rings is 1. The van der Waals surface area contributed by atoms with Crippen molar-refractivity contribution in [2.75, 3.05) is 26.2 Å². The minimum Gasteiger partial charge on any atom is -0.315 e. The normalized spacial score (nSPS) is 20.7. The van der Waals surface area contributed by atoms with Crippen LogP contribution in [-0.4, -0.2) is 37.1 Å². The van der Waals surface area contributed by atoms with Gasteiger partial charge in [0, 0.05) is 19.1 Å². The molecule has 0 bridgehead atoms. The van der Waals surface area contributed by atoms with Crippen LogP contribution in [0, 0.1) is 0 Å². The van der Waals surface area contributed by atoms with E-state index in [9.17, 15) is 0 Å². The quantitative estimate of drug-likeness (QED) is 0.838. The summed E-state index contributed by atoms with van der Waals surface area (Å²) in [5.74, 6) is 0. The van der Waals surface area contributed by atoms with Gasteiger partial charge in [-0.05, 0) is 37.9 Å². The third-order valence-electron chi connectivity index (χ3n) is 3.72. The zero-order valence-electron chi connectivity index (χ0n) is 10.9. The van der Waals surface area contributed by atoms with Gasteiger partial charge in [-0.15, -0.1) is 0 Å². The van der Waals surface area contributed by atoms with E-state index in [1.165, 1.54) is 51.0 Å². The molecule has 1 aromatic carbocycles. The highest BCUT2D eigenvalue weighted by Gasteiger charge is 2.18. The van der Waals surface area contributed by atoms with Crippen LogP contribution >= 0.6 is 0 Å². The lowest BCUT2D eigenvalue weighted by atomic mass is 10.0. The van der Waals surface area contributed by atoms with Crippen LogP contribution in [0.5, 0.6) is 0 Å². The van der Waals surface area contributed by atoms with Gasteiger partial charge in [-0.3, -0.25) is 4.90 Å². The number of nitrogens with one attached hydrogen (secondary N) is 1. The molecule has 0 spiro atoms. The second-order valence-electron chi connectivity index (χ2n) is 4.86. The van der Waals surface area contributed by atoms with Gasteiger partial charge in [0.2, 0.25) is 0 Å². The third-order valence-corrected chi connectivity index (χ3v) is 3.72. The molecule has 1 heterocycles. The molecule has 1 aliphatic heterocycles. The summed E-state index contributed by atoms with van der Waals surface area (Å²) in [7, 11) is 0. The molecular formula is C15H24N2. The topological polar surface area (TPSA) is 15.3 Å². The fourth-order valence-electron chi connectivity index (χ4n) is 2.66. The summed E-state index contributed by atoms with van der Waals surface area (Å²) in [5.41, 5.74) is 1.45. The van der Waals surface area contributed by atoms with E-state index in [0.29, 0.717) is 0 Å². The Morgan fingerprint density at radius 2 is 2.12 bits per heavy atom. The molecule has 2 heteroatoms. The van der Waals surface area contributed by atoms with Crippen LogP contribution < -0.4 is 5.32 Å². The molecule has 1 aromatic rings. The first-order valence-corrected chi connectivity index (χ1v) is 6.89. The Morgan fingerprint density at radius 1 is 1.29 bits per heavy atom. The predicted molar refractivity (Wildman–Crippen MR) is 73.3 cm³/mol. The molecule has 2 rings (SSSR count). The summed E-state index contributed by atoms with van der Waals surface area (Å²) in [5, 5.41) is 3.51. The van der Waals surface area contributed by atoms with Gasteiger partial charge in [-0.1, -0.05) is 37.3 Å². The number of rotatable bonds is 5. The standard InChI is InChI=1S/C15H24N2/c1-2-17(15-9-6-11-16-13-15)12-10-14-7-4-3-5-8-14/h3-5,7-8,15-16H,2,6,9-13H2,1H3. The monoisotopic (exact) mass is 232 g/mol. The second kappa shape index (κ2) is 6.77. The number of piperidine rings is 1. The molecular weight excluding hydrogens is 208 g/mol. The molecule has 0 amide bonds. The molecule has 1 atom stereocenters. The molecule has 0 radical (unpaired) electrons. The van der Waals surface area contributed by atoms with Crippen molar-refractivity contribution in [2.45, 2.75) is 32.2 Å². The maximum Gasteiger partial charge on any atom is 0.0221 e. The van der Waals surface area contributed by atoms with Gasteiger partial charge in [0.15, 0.2) is 0 Å². The highest BCUT2D eigenvalue weighted by molar-refractivity contribution is 5.14. The van der Waals surface area contributed by atoms with Crippen LogP contribution in [0.4, 0.5) is 0 Å². The van der Waals surface area contributed by atoms with E-state index in [4.69, 9.17) is 0 Å². The molecule has 0 aliphatic carbocycles. The number of hydrogen-bond acceptors (Lipinski definition) is 2. The maximum atomic E-state index is 3.51. The van der Waals surface area contributed by atoms with Crippen molar-refractivity contribution in [1.29, 1.82) is 0 Å². The van der Waals surface area contributed by atoms with Crippen molar-refractivity contribution in [1.82, 2.24) is 10.2 Å². The van der Waals surface area contributed by atoms with Crippen molar-refractivity contribution in [3.8, 4) is 0 Å². The molecule has 94 valence electrons. The number of likely N-dealkylation sites (N-methyl/N-ethyl adjacent to an activating group) is 1. The first-order chi connectivity index (χ1) is 8.40. The Balaban J connectivity index is 1.82. The minimum absolute atomic E-state index is 0.748. The zero-order valence-corrected chi connectivity index (χ0v) is 10.9. The van der Waals surface area contributed by atoms with Crippen LogP contribution in [0.25, 0.3) is 0 Å². The molecule has 2 nitrogen and oxygen atoms in total. The summed E-state index contributed by atoms with van der Waals surface area (Å²) in [6.07, 6.45) is 3.85. The van der Waals surface area contributed by atoms with Crippen LogP contribution in [0.2, 0.25) is 0 Å². The molecule has 1 N–H and O–H groups in total. The van der Waals surface area contributed by atoms with Crippen molar-refractivity contribution in [2.24, 2.45) is 0 Å². The van der Waals surface area contributed by atoms with Crippen LogP contribution in [0.3, 0.4) is 0 Å². The largest absolute Gasteiger partial charge is 0.315 e. The summed E-state index contributed by atoms with van der Waals surface area (Å²) >= 11 is 0. The average Bonchev–Trinajstić information content (AvgIpc) is 2.42. The summed E-state index contributed by atoms with van der Waals surface area (Å²) in [4.78, 5) is 2.62. The summed E-state index contributed by atoms with van der Waals surface area (Å²) in [6.45, 7) is 7.00. The Bertz CT molecular complexity index is 304. The van der Waals surface area contributed by atoms with Crippen molar-refractivity contribution >= 4 is 0 Å². The van der Waals surface area contributed by atoms with E-state index < -0.39 is 0 Å². The van der Waals surface area contributed by atoms with Crippen LogP contribution in [0.1, 0.15) is 25.3 Å². The molecule has 1 fully saturated rings. The molecule has 0 saturated carbocycles. The first kappa shape index (κ1) is 12.6. The number of nitrogens with zero attached hydrogens (tertiary/aromatic N) is 1. The van der Waals surface area contributed by atoms with Crippen LogP contribution in [-0.2, 0) is 6.42 Å². The molecule has 17 heavy (non-hydrogen) atoms. The van der Waals surface area contributed by atoms with E-state index >= 15 is 0 Å². The van der Waals surface area contributed by atoms with Crippen molar-refractivity contribution < 1.29 is 0 Å². The second-order valence-corrected chi connectivity index (χ2v) is 4.86. The lowest BCUT2D eigenvalue weighted by Gasteiger charge is -2.33. The Morgan fingerprint density at radius 3 is 2.76 bits per heavy atom. The Labute approximate surface area is 105 Å². The fraction of sp³-hybridized carbons (Fsp3) is 0.600. The lowest BCUT2D eigenvalue weighted by Crippen LogP contribution is -2.46. The van der Waals surface area contributed by atoms with Gasteiger partial charge in [0.05, 0.1) is 0 Å². The number of hydrogen-bond donors (Lipinski definition) is 1. The van der Waals surface area contributed by atoms with Crippen molar-refractivity contribution in [3.05, 3.63) is 35.9 Å². The van der Waals surface area contributed by atoms with E-state index in [1.807, 2.05) is 0 Å². The van der Waals surface area contributed by atoms with Gasteiger partial charge in [0.25, 0.3) is 0 Å². The van der Waals surface area contributed by atoms with Gasteiger partial charge in [0.1, 0.15) is 0 Å². The summed E-state index contributed by atoms with van der Waals surface area (Å²) < 4.78 is 0. The van der Waals surface area contributed by atoms with Crippen molar-refractivity contribution in [3.63, 3.8) is 0 Å². The minimum atomic E-state index is 0.748. The molecule has 1 saturated heterocycles. The predicted octanol–water partition coefficient (Wildman–Crippen LogP) is 2.30. The maximum absolute atomic E-state index is 3.51. The molecule has 1 unspecified atom stereocenters. The van der Waals surface area contributed by atoms with E-state index in [-0.39, 0.29) is 0 Å². The Kier molecular flexibility index (Phi) is 5.02. The highest BCUT2D eigenvalue weighted by Crippen LogP contribution is 2.11. The van der Waals surface area contributed by atoms with Gasteiger partial charge < -0.3 is 5.32 Å². The fourth-order valence-corrected chi connectivity index (χ4v) is 2.66. The van der Waals surface area contributed by atoms with Crippen LogP contribution in [0.15, 0.2) is 30.3 Å². The van der Waals surface area contributed by atoms with Gasteiger partial charge in [-0.25, -0.2) is 0 Å². The Hall–Kier alpha value is -0.860. The molecule has 0 aromatic heterocycles. The van der Waals surface area contributed by atoms with E-state index in [1.54, 1.807) is 0 Å². The molecule has 1 aliphatic rings. The van der Waals surface area contributed by atoms with Gasteiger partial charge in [-0.2, -0.15) is 0 Å². The average molecular weight is 232 g/mol. The SMILES string of the molecule is CCN(CCc1ccccc1)C1CCCNC1. The smallest absolute Gasteiger partial charge is 0.0221 e. The van der Waals surface area contributed by atoms with E-state index in [2.05, 4.69) is 47.5 Å². The van der Waals surface area contributed by atoms with E-state index in [0.717, 1.165) is 6.04 Å². The van der Waals surface area contributed by atoms with Gasteiger partial charge >= 0.3 is 0 Å². The first-order valence-electron chi connectivity index (χ1n) is 6.89. The lowest BCUT2D eigenvalue weighted by molar-refractivity contribution is 0.176. The third kappa shape index (κ3) is 3.83.